The molecule has 0 fully saturated rings. The van der Waals surface area contributed by atoms with Gasteiger partial charge in [-0.2, -0.15) is 0 Å². The summed E-state index contributed by atoms with van der Waals surface area (Å²) in [6.07, 6.45) is 14.7. The number of hydrogen-bond acceptors (Lipinski definition) is 9. The van der Waals surface area contributed by atoms with E-state index in [0.29, 0.717) is 0 Å². The smallest absolute Gasteiger partial charge is 0.128 e. The van der Waals surface area contributed by atoms with E-state index in [4.69, 9.17) is 0 Å². The molecule has 63 heavy (non-hydrogen) atoms. The van der Waals surface area contributed by atoms with Gasteiger partial charge in [-0.05, 0) is 84.6 Å². The fraction of sp³-hybridized carbons (Fsp3) is 0.167. The number of aryl methyl sites for hydroxylation is 5. The second-order valence-corrected chi connectivity index (χ2v) is 12.8. The Bertz CT molecular complexity index is 2260. The van der Waals surface area contributed by atoms with Crippen LogP contribution in [0.3, 0.4) is 0 Å². The number of fused-ring (bicyclic) bond motifs is 4. The molecule has 0 N–H and O–H groups in total. The van der Waals surface area contributed by atoms with Crippen LogP contribution in [0, 0.1) is 34.6 Å². The molecule has 4 aromatic heterocycles. The van der Waals surface area contributed by atoms with Gasteiger partial charge in [0.15, 0.2) is 0 Å². The average molecular weight is 836 g/mol. The van der Waals surface area contributed by atoms with Crippen LogP contribution in [-0.4, -0.2) is 44.9 Å². The molecule has 0 aliphatic carbocycles. The SMILES string of the molecule is CC.CC.Cc1ccccc1.Cc1ccncn1.Cc1cncnc1.Cc1ncccn1.Cc1ncncn1.c1ccc2c(c1)ccc1ccccc12.c1ccc2ccccc2c1. The highest BCUT2D eigenvalue weighted by atomic mass is 15.0. The molecule has 0 saturated carbocycles. The van der Waals surface area contributed by atoms with Gasteiger partial charge in [-0.1, -0.05) is 173 Å². The first kappa shape index (κ1) is 51.5. The minimum Gasteiger partial charge on any atom is -0.245 e. The fourth-order valence-corrected chi connectivity index (χ4v) is 5.02. The van der Waals surface area contributed by atoms with Gasteiger partial charge in [-0.3, -0.25) is 0 Å². The van der Waals surface area contributed by atoms with E-state index in [1.54, 1.807) is 37.1 Å². The first-order valence-electron chi connectivity index (χ1n) is 21.0. The summed E-state index contributed by atoms with van der Waals surface area (Å²) in [6, 6.07) is 52.0. The summed E-state index contributed by atoms with van der Waals surface area (Å²) in [5.74, 6) is 1.58. The summed E-state index contributed by atoms with van der Waals surface area (Å²) in [5.41, 5.74) is 3.43. The maximum atomic E-state index is 3.87. The van der Waals surface area contributed by atoms with Gasteiger partial charge >= 0.3 is 0 Å². The molecule has 10 rings (SSSR count). The molecule has 0 radical (unpaired) electrons. The molecule has 0 saturated heterocycles. The summed E-state index contributed by atoms with van der Waals surface area (Å²) in [6.45, 7) is 17.7. The summed E-state index contributed by atoms with van der Waals surface area (Å²) in [4.78, 5) is 34.0. The van der Waals surface area contributed by atoms with Crippen LogP contribution in [-0.2, 0) is 0 Å². The number of rotatable bonds is 0. The lowest BCUT2D eigenvalue weighted by atomic mass is 10.0. The van der Waals surface area contributed by atoms with Crippen LogP contribution < -0.4 is 0 Å². The van der Waals surface area contributed by atoms with Crippen molar-refractivity contribution in [1.29, 1.82) is 0 Å². The first-order chi connectivity index (χ1) is 30.9. The molecule has 0 bridgehead atoms. The van der Waals surface area contributed by atoms with Gasteiger partial charge in [0.25, 0.3) is 0 Å². The van der Waals surface area contributed by atoms with E-state index in [1.165, 1.54) is 63.2 Å². The van der Waals surface area contributed by atoms with E-state index in [0.717, 1.165) is 22.9 Å². The highest BCUT2D eigenvalue weighted by Crippen LogP contribution is 2.24. The van der Waals surface area contributed by atoms with Crippen molar-refractivity contribution in [1.82, 2.24) is 44.9 Å². The fourth-order valence-electron chi connectivity index (χ4n) is 5.02. The molecule has 0 spiro atoms. The molecule has 0 aliphatic rings. The van der Waals surface area contributed by atoms with Crippen LogP contribution in [0.4, 0.5) is 0 Å². The topological polar surface area (TPSA) is 116 Å². The normalized spacial score (nSPS) is 9.03. The molecule has 0 amide bonds. The lowest BCUT2D eigenvalue weighted by Gasteiger charge is -2.02. The maximum Gasteiger partial charge on any atom is 0.128 e. The summed E-state index contributed by atoms with van der Waals surface area (Å²) < 4.78 is 0. The number of benzene rings is 6. The molecule has 0 aliphatic heterocycles. The Morgan fingerprint density at radius 1 is 0.286 bits per heavy atom. The monoisotopic (exact) mass is 836 g/mol. The maximum absolute atomic E-state index is 3.87. The van der Waals surface area contributed by atoms with E-state index >= 15 is 0 Å². The van der Waals surface area contributed by atoms with Crippen LogP contribution in [0.5, 0.6) is 0 Å². The van der Waals surface area contributed by atoms with E-state index < -0.39 is 0 Å². The minimum atomic E-state index is 0.759. The van der Waals surface area contributed by atoms with Crippen molar-refractivity contribution in [2.75, 3.05) is 0 Å². The Kier molecular flexibility index (Phi) is 27.1. The number of aromatic nitrogens is 9. The largest absolute Gasteiger partial charge is 0.245 e. The summed E-state index contributed by atoms with van der Waals surface area (Å²) in [7, 11) is 0. The van der Waals surface area contributed by atoms with E-state index in [1.807, 2.05) is 79.7 Å². The molecule has 6 aromatic carbocycles. The third-order valence-electron chi connectivity index (χ3n) is 7.99. The second-order valence-electron chi connectivity index (χ2n) is 12.8. The van der Waals surface area contributed by atoms with Crippen molar-refractivity contribution < 1.29 is 0 Å². The van der Waals surface area contributed by atoms with Crippen molar-refractivity contribution >= 4 is 32.3 Å². The van der Waals surface area contributed by atoms with Gasteiger partial charge in [0, 0.05) is 36.7 Å². The Morgan fingerprint density at radius 2 is 0.698 bits per heavy atom. The molecule has 10 aromatic rings. The molecule has 4 heterocycles. The Labute approximate surface area is 374 Å². The molecule has 322 valence electrons. The Morgan fingerprint density at radius 3 is 1.00 bits per heavy atom. The zero-order valence-electron chi connectivity index (χ0n) is 38.2. The van der Waals surface area contributed by atoms with Crippen LogP contribution >= 0.6 is 0 Å². The minimum absolute atomic E-state index is 0.759. The predicted octanol–water partition coefficient (Wildman–Crippen LogP) is 13.4. The molecule has 9 heteroatoms. The molecular formula is C54H61N9. The van der Waals surface area contributed by atoms with Crippen LogP contribution in [0.1, 0.15) is 56.2 Å². The van der Waals surface area contributed by atoms with Crippen molar-refractivity contribution in [3.63, 3.8) is 0 Å². The van der Waals surface area contributed by atoms with Crippen molar-refractivity contribution in [2.45, 2.75) is 62.3 Å². The number of nitrogens with zero attached hydrogens (tertiary/aromatic N) is 9. The summed E-state index contributed by atoms with van der Waals surface area (Å²) in [5, 5.41) is 7.92. The lowest BCUT2D eigenvalue weighted by molar-refractivity contribution is 0.974. The van der Waals surface area contributed by atoms with E-state index in [9.17, 15) is 0 Å². The standard InChI is InChI=1S/C14H10.C10H8.C7H8.3C5H6N2.C4H5N3.2C2H6/c1-3-7-13-11(5-1)9-10-12-6-2-4-8-14(12)13;1-2-6-10-8-4-3-7-9(10)5-1;1-7-5-3-2-4-6-7;1-5-2-6-4-7-3-5;1-5-2-3-6-4-7-5;1-5-6-3-2-4-7-5;1-4-6-2-5-3-7-4;2*1-2/h1-10H;1-8H;2-6H,1H3;3*2-4H,1H3;2-3H,1H3;2*1-2H3. The van der Waals surface area contributed by atoms with Crippen molar-refractivity contribution in [3.8, 4) is 0 Å². The van der Waals surface area contributed by atoms with Gasteiger partial charge in [-0.25, -0.2) is 44.9 Å². The van der Waals surface area contributed by atoms with E-state index in [2.05, 4.69) is 173 Å². The zero-order valence-corrected chi connectivity index (χ0v) is 38.2. The third kappa shape index (κ3) is 22.5. The zero-order chi connectivity index (χ0) is 45.8. The van der Waals surface area contributed by atoms with Crippen molar-refractivity contribution in [2.24, 2.45) is 0 Å². The molecule has 9 nitrogen and oxygen atoms in total. The highest BCUT2D eigenvalue weighted by Gasteiger charge is 1.97. The van der Waals surface area contributed by atoms with Gasteiger partial charge in [0.2, 0.25) is 0 Å². The Balaban J connectivity index is 0.000000254. The van der Waals surface area contributed by atoms with Gasteiger partial charge in [0.05, 0.1) is 0 Å². The average Bonchev–Trinajstić information content (AvgIpc) is 3.35. The first-order valence-corrected chi connectivity index (χ1v) is 21.0. The van der Waals surface area contributed by atoms with Gasteiger partial charge < -0.3 is 0 Å². The van der Waals surface area contributed by atoms with Crippen LogP contribution in [0.2, 0.25) is 0 Å². The van der Waals surface area contributed by atoms with Gasteiger partial charge in [-0.15, -0.1) is 0 Å². The lowest BCUT2D eigenvalue weighted by Crippen LogP contribution is -1.84. The van der Waals surface area contributed by atoms with Crippen molar-refractivity contribution in [3.05, 3.63) is 236 Å². The number of hydrogen-bond donors (Lipinski definition) is 0. The quantitative estimate of drug-likeness (QED) is 0.138. The van der Waals surface area contributed by atoms with Crippen LogP contribution in [0.15, 0.2) is 208 Å². The second kappa shape index (κ2) is 33.1. The predicted molar refractivity (Wildman–Crippen MR) is 264 cm³/mol. The summed E-state index contributed by atoms with van der Waals surface area (Å²) >= 11 is 0. The van der Waals surface area contributed by atoms with E-state index in [-0.39, 0.29) is 0 Å². The van der Waals surface area contributed by atoms with Gasteiger partial charge in [0.1, 0.15) is 37.0 Å². The molecule has 0 atom stereocenters. The molecule has 0 unspecified atom stereocenters. The highest BCUT2D eigenvalue weighted by molar-refractivity contribution is 6.07. The Hall–Kier alpha value is -7.65. The van der Waals surface area contributed by atoms with Crippen LogP contribution in [0.25, 0.3) is 32.3 Å². The third-order valence-corrected chi connectivity index (χ3v) is 7.99. The molecular weight excluding hydrogens is 775 g/mol.